The van der Waals surface area contributed by atoms with Crippen molar-refractivity contribution in [2.75, 3.05) is 25.2 Å². The number of carboxylic acids is 1. The largest absolute Gasteiger partial charge is 0.481 e. The van der Waals surface area contributed by atoms with E-state index in [0.29, 0.717) is 5.75 Å². The lowest BCUT2D eigenvalue weighted by Gasteiger charge is -2.05. The molecule has 1 unspecified atom stereocenters. The zero-order valence-electron chi connectivity index (χ0n) is 8.28. The quantitative estimate of drug-likeness (QED) is 0.616. The first-order valence-corrected chi connectivity index (χ1v) is 5.63. The molecule has 78 valence electrons. The first-order chi connectivity index (χ1) is 6.18. The minimum atomic E-state index is -0.704. The van der Waals surface area contributed by atoms with Gasteiger partial charge in [-0.05, 0) is 18.6 Å². The Labute approximate surface area is 83.9 Å². The maximum absolute atomic E-state index is 10.4. The molecule has 3 nitrogen and oxygen atoms in total. The van der Waals surface area contributed by atoms with Gasteiger partial charge in [-0.15, -0.1) is 0 Å². The molecule has 0 spiro atoms. The molecule has 0 saturated carbocycles. The average molecular weight is 206 g/mol. The maximum atomic E-state index is 10.4. The molecule has 0 aromatic heterocycles. The zero-order valence-corrected chi connectivity index (χ0v) is 9.10. The van der Waals surface area contributed by atoms with Gasteiger partial charge in [-0.1, -0.05) is 6.92 Å². The molecule has 0 fully saturated rings. The summed E-state index contributed by atoms with van der Waals surface area (Å²) in [4.78, 5) is 10.4. The van der Waals surface area contributed by atoms with Crippen LogP contribution in [0, 0.1) is 5.92 Å². The molecule has 0 aliphatic rings. The van der Waals surface area contributed by atoms with Crippen molar-refractivity contribution in [3.05, 3.63) is 0 Å². The van der Waals surface area contributed by atoms with E-state index in [1.165, 1.54) is 0 Å². The maximum Gasteiger partial charge on any atom is 0.307 e. The molecule has 0 aromatic carbocycles. The molecule has 0 aromatic rings. The van der Waals surface area contributed by atoms with Gasteiger partial charge in [0.25, 0.3) is 0 Å². The molecule has 0 aliphatic carbocycles. The first-order valence-electron chi connectivity index (χ1n) is 4.48. The SMILES string of the molecule is COCCCCSCC(C)C(=O)O. The van der Waals surface area contributed by atoms with E-state index in [-0.39, 0.29) is 5.92 Å². The van der Waals surface area contributed by atoms with E-state index in [4.69, 9.17) is 9.84 Å². The lowest BCUT2D eigenvalue weighted by atomic mass is 10.2. The second-order valence-corrected chi connectivity index (χ2v) is 4.16. The Morgan fingerprint density at radius 1 is 1.54 bits per heavy atom. The minimum Gasteiger partial charge on any atom is -0.481 e. The Kier molecular flexibility index (Phi) is 8.24. The van der Waals surface area contributed by atoms with Crippen LogP contribution in [0.25, 0.3) is 0 Å². The molecule has 0 bridgehead atoms. The molecule has 0 amide bonds. The number of aliphatic carboxylic acids is 1. The number of hydrogen-bond acceptors (Lipinski definition) is 3. The highest BCUT2D eigenvalue weighted by molar-refractivity contribution is 7.99. The normalized spacial score (nSPS) is 12.8. The summed E-state index contributed by atoms with van der Waals surface area (Å²) in [5, 5.41) is 8.59. The smallest absolute Gasteiger partial charge is 0.307 e. The van der Waals surface area contributed by atoms with Gasteiger partial charge >= 0.3 is 5.97 Å². The van der Waals surface area contributed by atoms with Crippen LogP contribution >= 0.6 is 11.8 Å². The number of carboxylic acid groups (broad SMARTS) is 1. The molecule has 0 rings (SSSR count). The van der Waals surface area contributed by atoms with E-state index in [0.717, 1.165) is 25.2 Å². The van der Waals surface area contributed by atoms with Crippen LogP contribution in [-0.4, -0.2) is 36.3 Å². The molecule has 0 radical (unpaired) electrons. The van der Waals surface area contributed by atoms with Crippen LogP contribution in [0.5, 0.6) is 0 Å². The Bertz CT molecular complexity index is 139. The Morgan fingerprint density at radius 2 is 2.23 bits per heavy atom. The standard InChI is InChI=1S/C9H18O3S/c1-8(9(10)11)7-13-6-4-3-5-12-2/h8H,3-7H2,1-2H3,(H,10,11). The molecule has 1 atom stereocenters. The van der Waals surface area contributed by atoms with Gasteiger partial charge < -0.3 is 9.84 Å². The predicted octanol–water partition coefficient (Wildman–Crippen LogP) is 1.87. The van der Waals surface area contributed by atoms with E-state index in [1.807, 2.05) is 0 Å². The number of rotatable bonds is 8. The van der Waals surface area contributed by atoms with Crippen molar-refractivity contribution in [3.63, 3.8) is 0 Å². The van der Waals surface area contributed by atoms with Crippen LogP contribution in [-0.2, 0) is 9.53 Å². The van der Waals surface area contributed by atoms with Gasteiger partial charge in [-0.3, -0.25) is 4.79 Å². The third-order valence-electron chi connectivity index (χ3n) is 1.68. The predicted molar refractivity (Wildman–Crippen MR) is 55.2 cm³/mol. The Hall–Kier alpha value is -0.220. The van der Waals surface area contributed by atoms with Gasteiger partial charge in [0.2, 0.25) is 0 Å². The fourth-order valence-corrected chi connectivity index (χ4v) is 1.85. The number of carbonyl (C=O) groups is 1. The molecule has 1 N–H and O–H groups in total. The molecule has 4 heteroatoms. The van der Waals surface area contributed by atoms with E-state index in [9.17, 15) is 4.79 Å². The molecule has 13 heavy (non-hydrogen) atoms. The van der Waals surface area contributed by atoms with Gasteiger partial charge in [0.15, 0.2) is 0 Å². The number of thioether (sulfide) groups is 1. The van der Waals surface area contributed by atoms with Crippen molar-refractivity contribution < 1.29 is 14.6 Å². The molecular weight excluding hydrogens is 188 g/mol. The lowest BCUT2D eigenvalue weighted by Crippen LogP contribution is -2.12. The monoisotopic (exact) mass is 206 g/mol. The summed E-state index contributed by atoms with van der Waals surface area (Å²) >= 11 is 1.70. The van der Waals surface area contributed by atoms with E-state index in [1.54, 1.807) is 25.8 Å². The van der Waals surface area contributed by atoms with E-state index >= 15 is 0 Å². The third kappa shape index (κ3) is 8.12. The summed E-state index contributed by atoms with van der Waals surface area (Å²) in [6.07, 6.45) is 2.16. The number of methoxy groups -OCH3 is 1. The van der Waals surface area contributed by atoms with Crippen LogP contribution in [0.4, 0.5) is 0 Å². The molecular formula is C9H18O3S. The third-order valence-corrected chi connectivity index (χ3v) is 2.99. The topological polar surface area (TPSA) is 46.5 Å². The summed E-state index contributed by atoms with van der Waals surface area (Å²) < 4.78 is 4.90. The van der Waals surface area contributed by atoms with Gasteiger partial charge in [-0.25, -0.2) is 0 Å². The van der Waals surface area contributed by atoms with Crippen LogP contribution in [0.2, 0.25) is 0 Å². The Morgan fingerprint density at radius 3 is 2.77 bits per heavy atom. The second kappa shape index (κ2) is 8.38. The van der Waals surface area contributed by atoms with Crippen LogP contribution in [0.15, 0.2) is 0 Å². The first kappa shape index (κ1) is 12.8. The van der Waals surface area contributed by atoms with Crippen molar-refractivity contribution in [2.45, 2.75) is 19.8 Å². The van der Waals surface area contributed by atoms with Crippen molar-refractivity contribution in [1.29, 1.82) is 0 Å². The number of hydrogen-bond donors (Lipinski definition) is 1. The lowest BCUT2D eigenvalue weighted by molar-refractivity contribution is -0.140. The van der Waals surface area contributed by atoms with E-state index in [2.05, 4.69) is 0 Å². The summed E-state index contributed by atoms with van der Waals surface area (Å²) in [5.74, 6) is 0.806. The average Bonchev–Trinajstić information content (AvgIpc) is 2.10. The van der Waals surface area contributed by atoms with Gasteiger partial charge in [0.1, 0.15) is 0 Å². The minimum absolute atomic E-state index is 0.229. The summed E-state index contributed by atoms with van der Waals surface area (Å²) in [7, 11) is 1.69. The molecule has 0 aliphatic heterocycles. The van der Waals surface area contributed by atoms with Gasteiger partial charge in [-0.2, -0.15) is 11.8 Å². The van der Waals surface area contributed by atoms with Crippen molar-refractivity contribution in [2.24, 2.45) is 5.92 Å². The van der Waals surface area contributed by atoms with Gasteiger partial charge in [0.05, 0.1) is 5.92 Å². The summed E-state index contributed by atoms with van der Waals surface area (Å²) in [6, 6.07) is 0. The highest BCUT2D eigenvalue weighted by atomic mass is 32.2. The fourth-order valence-electron chi connectivity index (χ4n) is 0.782. The van der Waals surface area contributed by atoms with Crippen molar-refractivity contribution in [3.8, 4) is 0 Å². The zero-order chi connectivity index (χ0) is 10.1. The molecule has 0 heterocycles. The highest BCUT2D eigenvalue weighted by Gasteiger charge is 2.09. The molecule has 0 saturated heterocycles. The number of unbranched alkanes of at least 4 members (excludes halogenated alkanes) is 1. The van der Waals surface area contributed by atoms with Crippen LogP contribution < -0.4 is 0 Å². The number of ether oxygens (including phenoxy) is 1. The van der Waals surface area contributed by atoms with Crippen molar-refractivity contribution in [1.82, 2.24) is 0 Å². The van der Waals surface area contributed by atoms with Crippen LogP contribution in [0.3, 0.4) is 0 Å². The van der Waals surface area contributed by atoms with E-state index < -0.39 is 5.97 Å². The van der Waals surface area contributed by atoms with Crippen molar-refractivity contribution >= 4 is 17.7 Å². The second-order valence-electron chi connectivity index (χ2n) is 3.01. The Balaban J connectivity index is 3.11. The summed E-state index contributed by atoms with van der Waals surface area (Å²) in [5.41, 5.74) is 0. The fraction of sp³-hybridized carbons (Fsp3) is 0.889. The van der Waals surface area contributed by atoms with Gasteiger partial charge in [0, 0.05) is 19.5 Å². The highest BCUT2D eigenvalue weighted by Crippen LogP contribution is 2.10. The van der Waals surface area contributed by atoms with Crippen LogP contribution in [0.1, 0.15) is 19.8 Å². The summed E-state index contributed by atoms with van der Waals surface area (Å²) in [6.45, 7) is 2.54.